The number of para-hydroxylation sites is 1. The van der Waals surface area contributed by atoms with Crippen LogP contribution in [0.1, 0.15) is 11.4 Å². The highest BCUT2D eigenvalue weighted by Crippen LogP contribution is 2.27. The molecule has 1 aliphatic heterocycles. The van der Waals surface area contributed by atoms with E-state index in [4.69, 9.17) is 0 Å². The number of imidazole rings is 1. The van der Waals surface area contributed by atoms with Gasteiger partial charge < -0.3 is 19.5 Å². The normalized spacial score (nSPS) is 14.0. The number of rotatable bonds is 6. The summed E-state index contributed by atoms with van der Waals surface area (Å²) in [7, 11) is 0. The Morgan fingerprint density at radius 3 is 2.71 bits per heavy atom. The third kappa shape index (κ3) is 4.39. The van der Waals surface area contributed by atoms with Crippen LogP contribution in [0.5, 0.6) is 5.75 Å². The average molecular weight is 464 g/mol. The van der Waals surface area contributed by atoms with Crippen molar-refractivity contribution in [2.75, 3.05) is 24.5 Å². The molecule has 0 spiro atoms. The van der Waals surface area contributed by atoms with E-state index in [-0.39, 0.29) is 18.2 Å². The van der Waals surface area contributed by atoms with E-state index in [9.17, 15) is 13.6 Å². The number of nitrogens with one attached hydrogen (secondary N) is 1. The van der Waals surface area contributed by atoms with Gasteiger partial charge in [-0.2, -0.15) is 8.78 Å². The minimum Gasteiger partial charge on any atom is -0.434 e. The first-order valence-electron chi connectivity index (χ1n) is 10.8. The van der Waals surface area contributed by atoms with Crippen molar-refractivity contribution in [2.45, 2.75) is 20.1 Å². The molecular formula is C24H22F2N6O2. The molecule has 0 atom stereocenters. The molecule has 10 heteroatoms. The lowest BCUT2D eigenvalue weighted by atomic mass is 10.1. The van der Waals surface area contributed by atoms with Crippen LogP contribution in [-0.4, -0.2) is 51.7 Å². The summed E-state index contributed by atoms with van der Waals surface area (Å²) in [6, 6.07) is 12.5. The molecule has 5 rings (SSSR count). The van der Waals surface area contributed by atoms with Gasteiger partial charge in [0.1, 0.15) is 11.6 Å². The molecule has 0 radical (unpaired) electrons. The summed E-state index contributed by atoms with van der Waals surface area (Å²) in [4.78, 5) is 27.2. The molecule has 1 fully saturated rings. The number of halogens is 2. The maximum absolute atomic E-state index is 12.8. The van der Waals surface area contributed by atoms with Crippen LogP contribution in [0.3, 0.4) is 0 Å². The number of aromatic nitrogens is 4. The number of anilines is 1. The van der Waals surface area contributed by atoms with Gasteiger partial charge in [-0.25, -0.2) is 15.0 Å². The lowest BCUT2D eigenvalue weighted by Gasteiger charge is -2.27. The van der Waals surface area contributed by atoms with Crippen LogP contribution in [0, 0.1) is 6.92 Å². The maximum atomic E-state index is 12.8. The predicted molar refractivity (Wildman–Crippen MR) is 123 cm³/mol. The fourth-order valence-corrected chi connectivity index (χ4v) is 4.10. The van der Waals surface area contributed by atoms with Crippen molar-refractivity contribution in [3.05, 3.63) is 66.2 Å². The molecule has 1 N–H and O–H groups in total. The van der Waals surface area contributed by atoms with Gasteiger partial charge in [-0.3, -0.25) is 4.79 Å². The van der Waals surface area contributed by atoms with Gasteiger partial charge in [0.15, 0.2) is 5.82 Å². The number of benzene rings is 2. The number of ether oxygens (including phenoxy) is 1. The van der Waals surface area contributed by atoms with E-state index in [0.29, 0.717) is 31.0 Å². The number of piperazine rings is 1. The molecule has 0 saturated carbocycles. The molecular weight excluding hydrogens is 442 g/mol. The third-order valence-electron chi connectivity index (χ3n) is 5.76. The Hall–Kier alpha value is -4.08. The number of carbonyl (C=O) groups excluding carboxylic acids is 1. The van der Waals surface area contributed by atoms with E-state index in [1.165, 1.54) is 6.07 Å². The van der Waals surface area contributed by atoms with E-state index in [1.807, 2.05) is 34.6 Å². The van der Waals surface area contributed by atoms with E-state index in [0.717, 1.165) is 28.1 Å². The number of carbonyl (C=O) groups is 1. The Balaban J connectivity index is 1.41. The largest absolute Gasteiger partial charge is 0.434 e. The van der Waals surface area contributed by atoms with Gasteiger partial charge in [0.05, 0.1) is 42.2 Å². The lowest BCUT2D eigenvalue weighted by Crippen LogP contribution is -2.47. The average Bonchev–Trinajstić information content (AvgIpc) is 3.14. The van der Waals surface area contributed by atoms with Crippen molar-refractivity contribution in [1.82, 2.24) is 24.8 Å². The van der Waals surface area contributed by atoms with Gasteiger partial charge in [0.25, 0.3) is 0 Å². The van der Waals surface area contributed by atoms with E-state index < -0.39 is 6.61 Å². The highest BCUT2D eigenvalue weighted by molar-refractivity contribution is 5.83. The summed E-state index contributed by atoms with van der Waals surface area (Å²) < 4.78 is 32.2. The van der Waals surface area contributed by atoms with E-state index in [1.54, 1.807) is 30.6 Å². The van der Waals surface area contributed by atoms with Crippen molar-refractivity contribution in [2.24, 2.45) is 0 Å². The van der Waals surface area contributed by atoms with Crippen molar-refractivity contribution in [1.29, 1.82) is 0 Å². The van der Waals surface area contributed by atoms with Gasteiger partial charge >= 0.3 is 6.61 Å². The standard InChI is InChI=1S/C24H22F2N6O2/c1-15-30-19-10-16(23-28-11-18(12-29-23)31-9-8-27-22(33)14-31)6-7-20(19)32(15)13-17-4-2-3-5-21(17)34-24(25)26/h2-7,10-12,24H,8-9,13-14H2,1H3,(H,27,33). The Bertz CT molecular complexity index is 1340. The number of fused-ring (bicyclic) bond motifs is 1. The van der Waals surface area contributed by atoms with Gasteiger partial charge in [0, 0.05) is 24.2 Å². The fraction of sp³-hybridized carbons (Fsp3) is 0.250. The number of aryl methyl sites for hydroxylation is 1. The van der Waals surface area contributed by atoms with Crippen LogP contribution in [0.15, 0.2) is 54.9 Å². The lowest BCUT2D eigenvalue weighted by molar-refractivity contribution is -0.120. The minimum atomic E-state index is -2.89. The number of nitrogens with zero attached hydrogens (tertiary/aromatic N) is 5. The minimum absolute atomic E-state index is 0.0184. The second kappa shape index (κ2) is 9.05. The highest BCUT2D eigenvalue weighted by atomic mass is 19.3. The summed E-state index contributed by atoms with van der Waals surface area (Å²) >= 11 is 0. The Kier molecular flexibility index (Phi) is 5.79. The molecule has 1 amide bonds. The fourth-order valence-electron chi connectivity index (χ4n) is 4.10. The Labute approximate surface area is 194 Å². The monoisotopic (exact) mass is 464 g/mol. The molecule has 0 bridgehead atoms. The second-order valence-corrected chi connectivity index (χ2v) is 7.97. The summed E-state index contributed by atoms with van der Waals surface area (Å²) in [5, 5.41) is 2.80. The zero-order valence-corrected chi connectivity index (χ0v) is 18.4. The van der Waals surface area contributed by atoms with Crippen molar-refractivity contribution < 1.29 is 18.3 Å². The molecule has 1 saturated heterocycles. The Morgan fingerprint density at radius 2 is 1.94 bits per heavy atom. The zero-order valence-electron chi connectivity index (χ0n) is 18.4. The molecule has 3 heterocycles. The van der Waals surface area contributed by atoms with Crippen molar-refractivity contribution in [3.63, 3.8) is 0 Å². The van der Waals surface area contributed by atoms with Crippen molar-refractivity contribution in [3.8, 4) is 17.1 Å². The van der Waals surface area contributed by atoms with Crippen LogP contribution >= 0.6 is 0 Å². The van der Waals surface area contributed by atoms with Crippen LogP contribution in [-0.2, 0) is 11.3 Å². The predicted octanol–water partition coefficient (Wildman–Crippen LogP) is 3.39. The maximum Gasteiger partial charge on any atom is 0.387 e. The third-order valence-corrected chi connectivity index (χ3v) is 5.76. The topological polar surface area (TPSA) is 85.2 Å². The zero-order chi connectivity index (χ0) is 23.7. The molecule has 8 nitrogen and oxygen atoms in total. The van der Waals surface area contributed by atoms with Gasteiger partial charge in [0.2, 0.25) is 5.91 Å². The summed E-state index contributed by atoms with van der Waals surface area (Å²) in [5.41, 5.74) is 3.86. The number of hydrogen-bond acceptors (Lipinski definition) is 6. The summed E-state index contributed by atoms with van der Waals surface area (Å²) in [6.45, 7) is 0.926. The number of alkyl halides is 2. The first-order valence-corrected chi connectivity index (χ1v) is 10.8. The van der Waals surface area contributed by atoms with Crippen LogP contribution in [0.25, 0.3) is 22.4 Å². The summed E-state index contributed by atoms with van der Waals surface area (Å²) in [5.74, 6) is 1.43. The molecule has 2 aromatic carbocycles. The van der Waals surface area contributed by atoms with E-state index in [2.05, 4.69) is 25.0 Å². The molecule has 2 aromatic heterocycles. The quantitative estimate of drug-likeness (QED) is 0.471. The van der Waals surface area contributed by atoms with Gasteiger partial charge in [-0.15, -0.1) is 0 Å². The first-order chi connectivity index (χ1) is 16.5. The van der Waals surface area contributed by atoms with Crippen LogP contribution in [0.2, 0.25) is 0 Å². The molecule has 174 valence electrons. The Morgan fingerprint density at radius 1 is 1.15 bits per heavy atom. The molecule has 0 unspecified atom stereocenters. The second-order valence-electron chi connectivity index (χ2n) is 7.97. The van der Waals surface area contributed by atoms with Crippen molar-refractivity contribution >= 4 is 22.6 Å². The van der Waals surface area contributed by atoms with Crippen LogP contribution in [0.4, 0.5) is 14.5 Å². The highest BCUT2D eigenvalue weighted by Gasteiger charge is 2.18. The molecule has 34 heavy (non-hydrogen) atoms. The smallest absolute Gasteiger partial charge is 0.387 e. The summed E-state index contributed by atoms with van der Waals surface area (Å²) in [6.07, 6.45) is 3.43. The molecule has 0 aliphatic carbocycles. The van der Waals surface area contributed by atoms with Gasteiger partial charge in [-0.1, -0.05) is 18.2 Å². The molecule has 4 aromatic rings. The number of hydrogen-bond donors (Lipinski definition) is 1. The SMILES string of the molecule is Cc1nc2cc(-c3ncc(N4CCNC(=O)C4)cn3)ccc2n1Cc1ccccc1OC(F)F. The van der Waals surface area contributed by atoms with Crippen LogP contribution < -0.4 is 15.0 Å². The molecule has 1 aliphatic rings. The van der Waals surface area contributed by atoms with E-state index >= 15 is 0 Å². The van der Waals surface area contributed by atoms with Gasteiger partial charge in [-0.05, 0) is 31.2 Å². The first kappa shape index (κ1) is 21.7. The number of amides is 1.